The number of carbonyl (C=O) groups is 3. The molecule has 0 bridgehead atoms. The average molecular weight is 381 g/mol. The zero-order valence-corrected chi connectivity index (χ0v) is 14.0. The number of hydrogen-bond acceptors (Lipinski definition) is 4. The molecular formula is C17H14F3N3O4. The van der Waals surface area contributed by atoms with Gasteiger partial charge >= 0.3 is 12.2 Å². The van der Waals surface area contributed by atoms with Gasteiger partial charge in [0.25, 0.3) is 5.91 Å². The lowest BCUT2D eigenvalue weighted by atomic mass is 9.99. The maximum absolute atomic E-state index is 13.0. The zero-order valence-electron chi connectivity index (χ0n) is 14.0. The van der Waals surface area contributed by atoms with Gasteiger partial charge in [-0.2, -0.15) is 13.2 Å². The minimum atomic E-state index is -4.66. The van der Waals surface area contributed by atoms with Crippen molar-refractivity contribution in [2.24, 2.45) is 0 Å². The Balaban J connectivity index is 1.76. The number of furan rings is 1. The third-order valence-electron chi connectivity index (χ3n) is 4.10. The third-order valence-corrected chi connectivity index (χ3v) is 4.10. The number of rotatable bonds is 4. The number of imide groups is 1. The fraction of sp³-hybridized carbons (Fsp3) is 0.235. The average Bonchev–Trinajstić information content (AvgIpc) is 3.19. The van der Waals surface area contributed by atoms with E-state index in [0.29, 0.717) is 4.90 Å². The van der Waals surface area contributed by atoms with Crippen molar-refractivity contribution in [3.63, 3.8) is 0 Å². The molecule has 1 aromatic carbocycles. The lowest BCUT2D eigenvalue weighted by molar-refractivity contribution is -0.137. The second kappa shape index (κ2) is 6.45. The lowest BCUT2D eigenvalue weighted by Crippen LogP contribution is -2.42. The summed E-state index contributed by atoms with van der Waals surface area (Å²) in [6, 6.07) is 6.58. The van der Waals surface area contributed by atoms with Crippen molar-refractivity contribution in [1.29, 1.82) is 0 Å². The minimum absolute atomic E-state index is 0.172. The van der Waals surface area contributed by atoms with Crippen LogP contribution in [0.3, 0.4) is 0 Å². The maximum Gasteiger partial charge on any atom is 0.418 e. The van der Waals surface area contributed by atoms with E-state index in [1.54, 1.807) is 0 Å². The van der Waals surface area contributed by atoms with Crippen LogP contribution in [0.25, 0.3) is 0 Å². The van der Waals surface area contributed by atoms with Gasteiger partial charge in [0.05, 0.1) is 17.5 Å². The van der Waals surface area contributed by atoms with Gasteiger partial charge in [0.1, 0.15) is 12.3 Å². The summed E-state index contributed by atoms with van der Waals surface area (Å²) in [5, 5.41) is 4.51. The smallest absolute Gasteiger partial charge is 0.418 e. The number of anilines is 1. The molecule has 0 spiro atoms. The number of halogens is 3. The Hall–Kier alpha value is -3.30. The van der Waals surface area contributed by atoms with Crippen molar-refractivity contribution < 1.29 is 32.0 Å². The summed E-state index contributed by atoms with van der Waals surface area (Å²) in [6.45, 7) is 0.663. The number of benzene rings is 1. The number of alkyl halides is 3. The Labute approximate surface area is 151 Å². The molecule has 1 saturated heterocycles. The number of carbonyl (C=O) groups excluding carboxylic acids is 3. The second-order valence-corrected chi connectivity index (χ2v) is 6.02. The van der Waals surface area contributed by atoms with E-state index in [4.69, 9.17) is 4.42 Å². The van der Waals surface area contributed by atoms with Crippen LogP contribution in [0.2, 0.25) is 0 Å². The van der Waals surface area contributed by atoms with Crippen molar-refractivity contribution in [3.05, 3.63) is 54.0 Å². The normalized spacial score (nSPS) is 19.9. The molecule has 3 rings (SSSR count). The molecule has 1 atom stereocenters. The number of para-hydroxylation sites is 1. The van der Waals surface area contributed by atoms with Gasteiger partial charge in [0, 0.05) is 0 Å². The van der Waals surface area contributed by atoms with E-state index in [2.05, 4.69) is 10.6 Å². The summed E-state index contributed by atoms with van der Waals surface area (Å²) >= 11 is 0. The van der Waals surface area contributed by atoms with Crippen LogP contribution in [0.4, 0.5) is 23.7 Å². The Morgan fingerprint density at radius 2 is 1.93 bits per heavy atom. The first-order valence-corrected chi connectivity index (χ1v) is 7.77. The predicted molar refractivity (Wildman–Crippen MR) is 86.4 cm³/mol. The molecule has 1 aliphatic heterocycles. The quantitative estimate of drug-likeness (QED) is 0.797. The summed E-state index contributed by atoms with van der Waals surface area (Å²) in [6.07, 6.45) is -3.34. The van der Waals surface area contributed by atoms with Crippen molar-refractivity contribution in [2.75, 3.05) is 11.9 Å². The molecule has 1 aliphatic rings. The van der Waals surface area contributed by atoms with E-state index < -0.39 is 47.4 Å². The van der Waals surface area contributed by atoms with E-state index in [1.807, 2.05) is 0 Å². The molecule has 0 saturated carbocycles. The van der Waals surface area contributed by atoms with Crippen LogP contribution in [-0.4, -0.2) is 29.3 Å². The van der Waals surface area contributed by atoms with Gasteiger partial charge in [0.2, 0.25) is 5.91 Å². The first-order chi connectivity index (χ1) is 12.6. The highest BCUT2D eigenvalue weighted by Gasteiger charge is 2.51. The van der Waals surface area contributed by atoms with Crippen LogP contribution in [0.15, 0.2) is 47.1 Å². The van der Waals surface area contributed by atoms with E-state index in [-0.39, 0.29) is 5.76 Å². The fourth-order valence-electron chi connectivity index (χ4n) is 2.74. The van der Waals surface area contributed by atoms with Crippen LogP contribution in [0.5, 0.6) is 0 Å². The molecule has 4 amide bonds. The van der Waals surface area contributed by atoms with Gasteiger partial charge in [-0.1, -0.05) is 12.1 Å². The maximum atomic E-state index is 13.0. The highest BCUT2D eigenvalue weighted by molar-refractivity contribution is 6.10. The Morgan fingerprint density at radius 3 is 2.56 bits per heavy atom. The number of urea groups is 1. The van der Waals surface area contributed by atoms with Gasteiger partial charge in [0.15, 0.2) is 5.54 Å². The van der Waals surface area contributed by atoms with Crippen LogP contribution in [0, 0.1) is 0 Å². The summed E-state index contributed by atoms with van der Waals surface area (Å²) in [4.78, 5) is 37.5. The highest BCUT2D eigenvalue weighted by Crippen LogP contribution is 2.34. The molecule has 27 heavy (non-hydrogen) atoms. The molecular weight excluding hydrogens is 367 g/mol. The molecule has 1 unspecified atom stereocenters. The van der Waals surface area contributed by atoms with Crippen LogP contribution in [-0.2, 0) is 21.3 Å². The van der Waals surface area contributed by atoms with E-state index >= 15 is 0 Å². The Bertz CT molecular complexity index is 895. The van der Waals surface area contributed by atoms with Crippen LogP contribution in [0.1, 0.15) is 18.2 Å². The van der Waals surface area contributed by atoms with E-state index in [0.717, 1.165) is 12.1 Å². The van der Waals surface area contributed by atoms with Crippen molar-refractivity contribution in [3.8, 4) is 0 Å². The third kappa shape index (κ3) is 3.37. The predicted octanol–water partition coefficient (Wildman–Crippen LogP) is 2.70. The number of nitrogens with zero attached hydrogens (tertiary/aromatic N) is 1. The first-order valence-electron chi connectivity index (χ1n) is 7.77. The largest absolute Gasteiger partial charge is 0.466 e. The fourth-order valence-corrected chi connectivity index (χ4v) is 2.74. The molecule has 0 aliphatic carbocycles. The number of amides is 4. The Kier molecular flexibility index (Phi) is 4.42. The van der Waals surface area contributed by atoms with Crippen molar-refractivity contribution in [2.45, 2.75) is 18.6 Å². The van der Waals surface area contributed by atoms with E-state index in [9.17, 15) is 27.6 Å². The molecule has 142 valence electrons. The topological polar surface area (TPSA) is 91.7 Å². The van der Waals surface area contributed by atoms with Gasteiger partial charge in [-0.3, -0.25) is 14.5 Å². The molecule has 2 aromatic rings. The summed E-state index contributed by atoms with van der Waals surface area (Å²) < 4.78 is 44.1. The Morgan fingerprint density at radius 1 is 1.22 bits per heavy atom. The number of hydrogen-bond donors (Lipinski definition) is 2. The molecule has 1 fully saturated rings. The van der Waals surface area contributed by atoms with Gasteiger partial charge in [-0.15, -0.1) is 0 Å². The standard InChI is InChI=1S/C17H14F3N3O4/c1-16(12-7-4-8-27-12)14(25)23(15(26)22-16)9-13(24)21-11-6-3-2-5-10(11)17(18,19)20/h2-8H,9H2,1H3,(H,21,24)(H,22,26). The number of nitrogens with one attached hydrogen (secondary N) is 2. The van der Waals surface area contributed by atoms with Crippen molar-refractivity contribution >= 4 is 23.5 Å². The molecule has 1 aromatic heterocycles. The van der Waals surface area contributed by atoms with Crippen molar-refractivity contribution in [1.82, 2.24) is 10.2 Å². The van der Waals surface area contributed by atoms with Gasteiger partial charge in [-0.25, -0.2) is 4.79 Å². The summed E-state index contributed by atoms with van der Waals surface area (Å²) in [7, 11) is 0. The molecule has 7 nitrogen and oxygen atoms in total. The van der Waals surface area contributed by atoms with Crippen LogP contribution < -0.4 is 10.6 Å². The molecule has 10 heteroatoms. The second-order valence-electron chi connectivity index (χ2n) is 6.02. The first kappa shape index (κ1) is 18.5. The molecule has 0 radical (unpaired) electrons. The zero-order chi connectivity index (χ0) is 19.8. The molecule has 2 heterocycles. The minimum Gasteiger partial charge on any atom is -0.466 e. The summed E-state index contributed by atoms with van der Waals surface area (Å²) in [5.74, 6) is -1.52. The van der Waals surface area contributed by atoms with Crippen LogP contribution >= 0.6 is 0 Å². The highest BCUT2D eigenvalue weighted by atomic mass is 19.4. The van der Waals surface area contributed by atoms with E-state index in [1.165, 1.54) is 37.5 Å². The lowest BCUT2D eigenvalue weighted by Gasteiger charge is -2.19. The van der Waals surface area contributed by atoms with Gasteiger partial charge < -0.3 is 15.1 Å². The SMILES string of the molecule is CC1(c2ccco2)NC(=O)N(CC(=O)Nc2ccccc2C(F)(F)F)C1=O. The summed E-state index contributed by atoms with van der Waals surface area (Å²) in [5.41, 5.74) is -2.99. The monoisotopic (exact) mass is 381 g/mol. The molecule has 2 N–H and O–H groups in total. The van der Waals surface area contributed by atoms with Gasteiger partial charge in [-0.05, 0) is 31.2 Å².